The number of amides is 1. The van der Waals surface area contributed by atoms with Crippen molar-refractivity contribution in [2.45, 2.75) is 24.0 Å². The number of carbonyl (C=O) groups is 1. The first-order valence-electron chi connectivity index (χ1n) is 6.88. The molecule has 0 saturated heterocycles. The van der Waals surface area contributed by atoms with Gasteiger partial charge in [-0.25, -0.2) is 9.82 Å². The third-order valence-corrected chi connectivity index (χ3v) is 4.13. The highest BCUT2D eigenvalue weighted by molar-refractivity contribution is 8.00. The minimum Gasteiger partial charge on any atom is -0.272 e. The molecule has 0 spiro atoms. The predicted octanol–water partition coefficient (Wildman–Crippen LogP) is 3.85. The summed E-state index contributed by atoms with van der Waals surface area (Å²) in [5, 5.41) is 3.81. The number of thioether (sulfide) groups is 1. The van der Waals surface area contributed by atoms with Crippen LogP contribution in [0.2, 0.25) is 0 Å². The van der Waals surface area contributed by atoms with Crippen LogP contribution in [0.15, 0.2) is 64.6 Å². The van der Waals surface area contributed by atoms with E-state index in [1.165, 1.54) is 23.9 Å². The number of carbonyl (C=O) groups excluding carboxylic acids is 1. The Labute approximate surface area is 133 Å². The number of hydrogen-bond donors (Lipinski definition) is 1. The Kier molecular flexibility index (Phi) is 5.72. The van der Waals surface area contributed by atoms with Gasteiger partial charge in [0.15, 0.2) is 0 Å². The van der Waals surface area contributed by atoms with Crippen molar-refractivity contribution in [2.75, 3.05) is 0 Å². The van der Waals surface area contributed by atoms with E-state index in [2.05, 4.69) is 10.5 Å². The van der Waals surface area contributed by atoms with Gasteiger partial charge in [-0.3, -0.25) is 4.79 Å². The van der Waals surface area contributed by atoms with Gasteiger partial charge in [0.25, 0.3) is 5.91 Å². The van der Waals surface area contributed by atoms with Crippen molar-refractivity contribution in [3.05, 3.63) is 66.0 Å². The minimum absolute atomic E-state index is 0.171. The van der Waals surface area contributed by atoms with Crippen LogP contribution in [0.4, 0.5) is 4.39 Å². The monoisotopic (exact) mass is 316 g/mol. The molecule has 0 aliphatic carbocycles. The molecule has 114 valence electrons. The summed E-state index contributed by atoms with van der Waals surface area (Å²) in [5.41, 5.74) is 3.95. The number of nitrogens with one attached hydrogen (secondary N) is 1. The first-order valence-corrected chi connectivity index (χ1v) is 7.76. The van der Waals surface area contributed by atoms with Gasteiger partial charge in [0.1, 0.15) is 5.82 Å². The Morgan fingerprint density at radius 2 is 1.77 bits per heavy atom. The average molecular weight is 316 g/mol. The first kappa shape index (κ1) is 16.2. The lowest BCUT2D eigenvalue weighted by molar-refractivity contribution is -0.120. The third kappa shape index (κ3) is 4.70. The van der Waals surface area contributed by atoms with Crippen LogP contribution in [0.3, 0.4) is 0 Å². The number of hydrogen-bond acceptors (Lipinski definition) is 3. The Morgan fingerprint density at radius 1 is 1.14 bits per heavy atom. The molecular weight excluding hydrogens is 299 g/mol. The Morgan fingerprint density at radius 3 is 2.41 bits per heavy atom. The van der Waals surface area contributed by atoms with Gasteiger partial charge in [-0.1, -0.05) is 30.3 Å². The van der Waals surface area contributed by atoms with E-state index in [4.69, 9.17) is 0 Å². The minimum atomic E-state index is -0.298. The van der Waals surface area contributed by atoms with Crippen molar-refractivity contribution < 1.29 is 9.18 Å². The number of rotatable bonds is 5. The van der Waals surface area contributed by atoms with Crippen LogP contribution in [-0.4, -0.2) is 16.9 Å². The molecule has 1 unspecified atom stereocenters. The second kappa shape index (κ2) is 7.75. The van der Waals surface area contributed by atoms with E-state index in [9.17, 15) is 9.18 Å². The molecule has 1 N–H and O–H groups in total. The maximum Gasteiger partial charge on any atom is 0.253 e. The van der Waals surface area contributed by atoms with E-state index in [1.807, 2.05) is 37.3 Å². The van der Waals surface area contributed by atoms with E-state index in [1.54, 1.807) is 19.1 Å². The van der Waals surface area contributed by atoms with E-state index < -0.39 is 0 Å². The lowest BCUT2D eigenvalue weighted by Gasteiger charge is -2.10. The van der Waals surface area contributed by atoms with E-state index in [0.29, 0.717) is 5.71 Å². The third-order valence-electron chi connectivity index (χ3n) is 3.02. The van der Waals surface area contributed by atoms with E-state index >= 15 is 0 Å². The molecule has 3 nitrogen and oxygen atoms in total. The van der Waals surface area contributed by atoms with Gasteiger partial charge >= 0.3 is 0 Å². The number of hydrazone groups is 1. The maximum absolute atomic E-state index is 12.9. The molecule has 1 amide bonds. The quantitative estimate of drug-likeness (QED) is 0.517. The normalized spacial score (nSPS) is 12.8. The molecule has 0 bridgehead atoms. The molecule has 0 fully saturated rings. The zero-order valence-corrected chi connectivity index (χ0v) is 13.2. The summed E-state index contributed by atoms with van der Waals surface area (Å²) < 4.78 is 12.9. The van der Waals surface area contributed by atoms with Crippen LogP contribution in [0, 0.1) is 5.82 Å². The highest BCUT2D eigenvalue weighted by Gasteiger charge is 2.13. The first-order chi connectivity index (χ1) is 10.6. The molecular formula is C17H17FN2OS. The van der Waals surface area contributed by atoms with Gasteiger partial charge in [0.2, 0.25) is 0 Å². The van der Waals surface area contributed by atoms with Gasteiger partial charge in [-0.2, -0.15) is 5.10 Å². The maximum atomic E-state index is 12.9. The predicted molar refractivity (Wildman–Crippen MR) is 88.5 cm³/mol. The fourth-order valence-corrected chi connectivity index (χ4v) is 2.62. The molecule has 0 aliphatic heterocycles. The molecule has 0 radical (unpaired) electrons. The van der Waals surface area contributed by atoms with Gasteiger partial charge in [0, 0.05) is 4.90 Å². The molecule has 2 aromatic carbocycles. The Hall–Kier alpha value is -2.14. The second-order valence-electron chi connectivity index (χ2n) is 4.75. The smallest absolute Gasteiger partial charge is 0.253 e. The van der Waals surface area contributed by atoms with E-state index in [0.717, 1.165) is 10.5 Å². The summed E-state index contributed by atoms with van der Waals surface area (Å²) in [5.74, 6) is -0.469. The molecule has 1 atom stereocenters. The molecule has 2 aromatic rings. The molecule has 0 heterocycles. The topological polar surface area (TPSA) is 41.5 Å². The molecule has 22 heavy (non-hydrogen) atoms. The summed E-state index contributed by atoms with van der Waals surface area (Å²) in [7, 11) is 0. The highest BCUT2D eigenvalue weighted by atomic mass is 32.2. The summed E-state index contributed by atoms with van der Waals surface area (Å²) in [6, 6.07) is 15.7. The number of halogens is 1. The van der Waals surface area contributed by atoms with Crippen LogP contribution in [0.1, 0.15) is 19.4 Å². The largest absolute Gasteiger partial charge is 0.272 e. The zero-order valence-electron chi connectivity index (χ0n) is 12.4. The van der Waals surface area contributed by atoms with Gasteiger partial charge in [-0.05, 0) is 43.7 Å². The SMILES string of the molecule is C/C(=N\NC(=O)C(C)Sc1ccccc1)c1ccc(F)cc1. The lowest BCUT2D eigenvalue weighted by Crippen LogP contribution is -2.27. The summed E-state index contributed by atoms with van der Waals surface area (Å²) in [6.45, 7) is 3.60. The lowest BCUT2D eigenvalue weighted by atomic mass is 10.1. The molecule has 0 aliphatic rings. The average Bonchev–Trinajstić information content (AvgIpc) is 2.53. The molecule has 2 rings (SSSR count). The van der Waals surface area contributed by atoms with Crippen molar-refractivity contribution in [2.24, 2.45) is 5.10 Å². The van der Waals surface area contributed by atoms with E-state index in [-0.39, 0.29) is 17.0 Å². The molecule has 0 saturated carbocycles. The Bertz CT molecular complexity index is 656. The van der Waals surface area contributed by atoms with Crippen molar-refractivity contribution in [1.29, 1.82) is 0 Å². The van der Waals surface area contributed by atoms with Crippen molar-refractivity contribution in [1.82, 2.24) is 5.43 Å². The summed E-state index contributed by atoms with van der Waals surface area (Å²) >= 11 is 1.47. The van der Waals surface area contributed by atoms with Gasteiger partial charge in [-0.15, -0.1) is 11.8 Å². The second-order valence-corrected chi connectivity index (χ2v) is 6.17. The van der Waals surface area contributed by atoms with Crippen molar-refractivity contribution >= 4 is 23.4 Å². The fraction of sp³-hybridized carbons (Fsp3) is 0.176. The fourth-order valence-electron chi connectivity index (χ4n) is 1.74. The summed E-state index contributed by atoms with van der Waals surface area (Å²) in [4.78, 5) is 13.1. The van der Waals surface area contributed by atoms with Gasteiger partial charge in [0.05, 0.1) is 11.0 Å². The van der Waals surface area contributed by atoms with Crippen molar-refractivity contribution in [3.63, 3.8) is 0 Å². The van der Waals surface area contributed by atoms with Crippen LogP contribution >= 0.6 is 11.8 Å². The standard InChI is InChI=1S/C17H17FN2OS/c1-12(14-8-10-15(18)11-9-14)19-20-17(21)13(2)22-16-6-4-3-5-7-16/h3-11,13H,1-2H3,(H,20,21)/b19-12+. The zero-order chi connectivity index (χ0) is 15.9. The number of nitrogens with zero attached hydrogens (tertiary/aromatic N) is 1. The summed E-state index contributed by atoms with van der Waals surface area (Å²) in [6.07, 6.45) is 0. The highest BCUT2D eigenvalue weighted by Crippen LogP contribution is 2.22. The molecule has 0 aromatic heterocycles. The van der Waals surface area contributed by atoms with Gasteiger partial charge < -0.3 is 0 Å². The Balaban J connectivity index is 1.93. The van der Waals surface area contributed by atoms with Crippen LogP contribution in [0.5, 0.6) is 0 Å². The van der Waals surface area contributed by atoms with Crippen LogP contribution in [0.25, 0.3) is 0 Å². The van der Waals surface area contributed by atoms with Crippen LogP contribution in [-0.2, 0) is 4.79 Å². The molecule has 5 heteroatoms. The van der Waals surface area contributed by atoms with Crippen LogP contribution < -0.4 is 5.43 Å². The van der Waals surface area contributed by atoms with Crippen molar-refractivity contribution in [3.8, 4) is 0 Å². The number of benzene rings is 2.